The van der Waals surface area contributed by atoms with E-state index in [0.29, 0.717) is 5.82 Å². The van der Waals surface area contributed by atoms with Crippen LogP contribution in [0.15, 0.2) is 18.2 Å². The van der Waals surface area contributed by atoms with Crippen LogP contribution in [0, 0.1) is 6.92 Å². The molecule has 0 saturated heterocycles. The van der Waals surface area contributed by atoms with Crippen molar-refractivity contribution in [1.29, 1.82) is 0 Å². The molecule has 1 aromatic heterocycles. The van der Waals surface area contributed by atoms with Crippen LogP contribution in [0.1, 0.15) is 29.7 Å². The summed E-state index contributed by atoms with van der Waals surface area (Å²) in [5.74, 6) is 0.668. The predicted octanol–water partition coefficient (Wildman–Crippen LogP) is 3.30. The second-order valence-electron chi connectivity index (χ2n) is 4.86. The number of nitrogens with two attached hydrogens (primary N) is 1. The quantitative estimate of drug-likeness (QED) is 0.856. The molecule has 0 radical (unpaired) electrons. The molecule has 1 aromatic carbocycles. The zero-order chi connectivity index (χ0) is 12.7. The minimum absolute atomic E-state index is 0.668. The lowest BCUT2D eigenvalue weighted by molar-refractivity contribution is 0.653. The van der Waals surface area contributed by atoms with E-state index in [4.69, 9.17) is 17.3 Å². The average molecular weight is 262 g/mol. The summed E-state index contributed by atoms with van der Waals surface area (Å²) in [7, 11) is 0. The first kappa shape index (κ1) is 11.6. The summed E-state index contributed by atoms with van der Waals surface area (Å²) in [5.41, 5.74) is 10.6. The van der Waals surface area contributed by atoms with Gasteiger partial charge >= 0.3 is 0 Å². The van der Waals surface area contributed by atoms with E-state index in [9.17, 15) is 0 Å². The topological polar surface area (TPSA) is 43.8 Å². The molecule has 1 heterocycles. The van der Waals surface area contributed by atoms with Gasteiger partial charge in [-0.1, -0.05) is 17.7 Å². The van der Waals surface area contributed by atoms with Crippen molar-refractivity contribution in [2.24, 2.45) is 0 Å². The normalized spacial score (nSPS) is 14.6. The summed E-state index contributed by atoms with van der Waals surface area (Å²) in [5, 5.41) is 5.24. The monoisotopic (exact) mass is 261 g/mol. The molecule has 0 bridgehead atoms. The Bertz CT molecular complexity index is 601. The highest BCUT2D eigenvalue weighted by Crippen LogP contribution is 2.29. The van der Waals surface area contributed by atoms with Crippen LogP contribution in [0.2, 0.25) is 5.02 Å². The molecule has 0 saturated carbocycles. The molecular weight excluding hydrogens is 246 g/mol. The molecule has 4 heteroatoms. The van der Waals surface area contributed by atoms with Crippen LogP contribution >= 0.6 is 11.6 Å². The van der Waals surface area contributed by atoms with Crippen LogP contribution < -0.4 is 5.73 Å². The van der Waals surface area contributed by atoms with Gasteiger partial charge in [-0.25, -0.2) is 4.68 Å². The van der Waals surface area contributed by atoms with Gasteiger partial charge in [0.25, 0.3) is 0 Å². The second kappa shape index (κ2) is 4.32. The van der Waals surface area contributed by atoms with Gasteiger partial charge in [0.2, 0.25) is 0 Å². The highest BCUT2D eigenvalue weighted by atomic mass is 35.5. The first-order chi connectivity index (χ1) is 8.66. The van der Waals surface area contributed by atoms with Crippen LogP contribution in [0.5, 0.6) is 0 Å². The number of nitrogens with zero attached hydrogens (tertiary/aromatic N) is 2. The van der Waals surface area contributed by atoms with E-state index in [-0.39, 0.29) is 0 Å². The van der Waals surface area contributed by atoms with E-state index in [1.54, 1.807) is 0 Å². The summed E-state index contributed by atoms with van der Waals surface area (Å²) in [6.07, 6.45) is 4.50. The van der Waals surface area contributed by atoms with Gasteiger partial charge in [0.15, 0.2) is 0 Å². The summed E-state index contributed by atoms with van der Waals surface area (Å²) in [6.45, 7) is 2.00. The van der Waals surface area contributed by atoms with Crippen LogP contribution in [0.25, 0.3) is 5.69 Å². The Hall–Kier alpha value is -1.48. The lowest BCUT2D eigenvalue weighted by Crippen LogP contribution is -2.07. The smallest absolute Gasteiger partial charge is 0.149 e. The maximum atomic E-state index is 6.18. The first-order valence-electron chi connectivity index (χ1n) is 6.29. The Balaban J connectivity index is 2.14. The van der Waals surface area contributed by atoms with Gasteiger partial charge in [0.05, 0.1) is 5.69 Å². The van der Waals surface area contributed by atoms with Gasteiger partial charge in [-0.15, -0.1) is 0 Å². The fourth-order valence-electron chi connectivity index (χ4n) is 2.55. The third kappa shape index (κ3) is 1.79. The minimum Gasteiger partial charge on any atom is -0.382 e. The zero-order valence-corrected chi connectivity index (χ0v) is 11.2. The van der Waals surface area contributed by atoms with Crippen LogP contribution in [0.4, 0.5) is 5.82 Å². The third-order valence-corrected chi connectivity index (χ3v) is 4.02. The van der Waals surface area contributed by atoms with Gasteiger partial charge in [0, 0.05) is 16.3 Å². The highest BCUT2D eigenvalue weighted by molar-refractivity contribution is 6.31. The number of halogens is 1. The van der Waals surface area contributed by atoms with Crippen molar-refractivity contribution in [2.45, 2.75) is 32.6 Å². The molecule has 0 unspecified atom stereocenters. The van der Waals surface area contributed by atoms with E-state index in [1.165, 1.54) is 24.1 Å². The van der Waals surface area contributed by atoms with Crippen molar-refractivity contribution in [3.05, 3.63) is 40.0 Å². The van der Waals surface area contributed by atoms with Gasteiger partial charge in [-0.2, -0.15) is 5.10 Å². The SMILES string of the molecule is Cc1ccc(-n2nc(N)c3c2CCCC3)cc1Cl. The fourth-order valence-corrected chi connectivity index (χ4v) is 2.73. The van der Waals surface area contributed by atoms with E-state index in [0.717, 1.165) is 29.1 Å². The number of hydrogen-bond acceptors (Lipinski definition) is 2. The number of aromatic nitrogens is 2. The van der Waals surface area contributed by atoms with Gasteiger partial charge in [0.1, 0.15) is 5.82 Å². The lowest BCUT2D eigenvalue weighted by atomic mass is 9.97. The molecule has 18 heavy (non-hydrogen) atoms. The van der Waals surface area contributed by atoms with E-state index < -0.39 is 0 Å². The second-order valence-corrected chi connectivity index (χ2v) is 5.27. The molecule has 1 aliphatic carbocycles. The van der Waals surface area contributed by atoms with Gasteiger partial charge in [-0.3, -0.25) is 0 Å². The van der Waals surface area contributed by atoms with Crippen LogP contribution in [0.3, 0.4) is 0 Å². The first-order valence-corrected chi connectivity index (χ1v) is 6.67. The number of anilines is 1. The molecule has 0 amide bonds. The van der Waals surface area contributed by atoms with E-state index in [1.807, 2.05) is 29.8 Å². The molecule has 94 valence electrons. The number of hydrogen-bond donors (Lipinski definition) is 1. The van der Waals surface area contributed by atoms with Crippen molar-refractivity contribution in [2.75, 3.05) is 5.73 Å². The molecule has 0 aliphatic heterocycles. The summed E-state index contributed by atoms with van der Waals surface area (Å²) in [4.78, 5) is 0. The number of nitrogen functional groups attached to an aromatic ring is 1. The average Bonchev–Trinajstić information content (AvgIpc) is 2.71. The van der Waals surface area contributed by atoms with Crippen LogP contribution in [-0.4, -0.2) is 9.78 Å². The summed E-state index contributed by atoms with van der Waals surface area (Å²) >= 11 is 6.18. The molecule has 2 N–H and O–H groups in total. The maximum absolute atomic E-state index is 6.18. The summed E-state index contributed by atoms with van der Waals surface area (Å²) < 4.78 is 1.95. The Kier molecular flexibility index (Phi) is 2.78. The Labute approximate surface area is 112 Å². The molecular formula is C14H16ClN3. The number of rotatable bonds is 1. The zero-order valence-electron chi connectivity index (χ0n) is 10.4. The Morgan fingerprint density at radius 2 is 2.06 bits per heavy atom. The van der Waals surface area contributed by atoms with E-state index in [2.05, 4.69) is 5.10 Å². The molecule has 3 nitrogen and oxygen atoms in total. The molecule has 1 aliphatic rings. The fraction of sp³-hybridized carbons (Fsp3) is 0.357. The highest BCUT2D eigenvalue weighted by Gasteiger charge is 2.20. The van der Waals surface area contributed by atoms with Gasteiger partial charge < -0.3 is 5.73 Å². The van der Waals surface area contributed by atoms with E-state index >= 15 is 0 Å². The van der Waals surface area contributed by atoms with Crippen molar-refractivity contribution < 1.29 is 0 Å². The number of fused-ring (bicyclic) bond motifs is 1. The molecule has 0 atom stereocenters. The predicted molar refractivity (Wildman–Crippen MR) is 74.4 cm³/mol. The Morgan fingerprint density at radius 1 is 1.28 bits per heavy atom. The van der Waals surface area contributed by atoms with Crippen molar-refractivity contribution in [3.63, 3.8) is 0 Å². The third-order valence-electron chi connectivity index (χ3n) is 3.61. The number of aryl methyl sites for hydroxylation is 1. The molecule has 0 spiro atoms. The van der Waals surface area contributed by atoms with Crippen molar-refractivity contribution >= 4 is 17.4 Å². The maximum Gasteiger partial charge on any atom is 0.149 e. The minimum atomic E-state index is 0.668. The van der Waals surface area contributed by atoms with Gasteiger partial charge in [-0.05, 0) is 50.3 Å². The largest absolute Gasteiger partial charge is 0.382 e. The molecule has 3 rings (SSSR count). The Morgan fingerprint density at radius 3 is 2.83 bits per heavy atom. The standard InChI is InChI=1S/C14H16ClN3/c1-9-6-7-10(8-12(9)15)18-13-5-3-2-4-11(13)14(16)17-18/h6-8H,2-5H2,1H3,(H2,16,17). The number of benzene rings is 1. The molecule has 0 fully saturated rings. The summed E-state index contributed by atoms with van der Waals surface area (Å²) in [6, 6.07) is 6.02. The molecule has 2 aromatic rings. The van der Waals surface area contributed by atoms with Crippen LogP contribution in [-0.2, 0) is 12.8 Å². The lowest BCUT2D eigenvalue weighted by Gasteiger charge is -2.14. The van der Waals surface area contributed by atoms with Crippen molar-refractivity contribution in [3.8, 4) is 5.69 Å². The van der Waals surface area contributed by atoms with Crippen molar-refractivity contribution in [1.82, 2.24) is 9.78 Å².